The highest BCUT2D eigenvalue weighted by atomic mass is 15.1. The van der Waals surface area contributed by atoms with Gasteiger partial charge in [0.1, 0.15) is 0 Å². The quantitative estimate of drug-likeness (QED) is 0.665. The lowest BCUT2D eigenvalue weighted by Crippen LogP contribution is -2.25. The summed E-state index contributed by atoms with van der Waals surface area (Å²) in [6.45, 7) is 11.8. The number of allylic oxidation sites excluding steroid dienone is 2. The second kappa shape index (κ2) is 8.49. The predicted molar refractivity (Wildman–Crippen MR) is 80.9 cm³/mol. The van der Waals surface area contributed by atoms with Gasteiger partial charge in [-0.15, -0.1) is 0 Å². The molecule has 2 nitrogen and oxygen atoms in total. The summed E-state index contributed by atoms with van der Waals surface area (Å²) in [7, 11) is 2.23. The maximum Gasteiger partial charge on any atom is 0.0170 e. The van der Waals surface area contributed by atoms with Crippen LogP contribution in [0, 0.1) is 5.92 Å². The monoisotopic (exact) mass is 250 g/mol. The second-order valence-corrected chi connectivity index (χ2v) is 5.91. The average Bonchev–Trinajstić information content (AvgIpc) is 2.72. The van der Waals surface area contributed by atoms with Crippen LogP contribution >= 0.6 is 0 Å². The number of likely N-dealkylation sites (tertiary alicyclic amines) is 1. The standard InChI is InChI=1S/C16H30N2/c1-5-7-15(12-17-14(2)3)8-6-9-16-10-11-18(4)13-16/h5,7,14,16-17H,1,6,8-13H2,2-4H3/b15-7+. The SMILES string of the molecule is C=C/C=C(\CCCC1CCN(C)C1)CNC(C)C. The Balaban J connectivity index is 2.21. The molecule has 1 aliphatic heterocycles. The highest BCUT2D eigenvalue weighted by molar-refractivity contribution is 5.12. The van der Waals surface area contributed by atoms with Crippen molar-refractivity contribution in [2.24, 2.45) is 5.92 Å². The first-order valence-electron chi connectivity index (χ1n) is 7.34. The van der Waals surface area contributed by atoms with Crippen molar-refractivity contribution in [1.29, 1.82) is 0 Å². The molecule has 0 aromatic rings. The Kier molecular flexibility index (Phi) is 7.29. The fraction of sp³-hybridized carbons (Fsp3) is 0.750. The Morgan fingerprint density at radius 3 is 2.83 bits per heavy atom. The fourth-order valence-corrected chi connectivity index (χ4v) is 2.61. The molecule has 0 radical (unpaired) electrons. The van der Waals surface area contributed by atoms with Crippen molar-refractivity contribution in [2.75, 3.05) is 26.7 Å². The summed E-state index contributed by atoms with van der Waals surface area (Å²) in [5.41, 5.74) is 1.49. The van der Waals surface area contributed by atoms with Crippen LogP contribution in [0.2, 0.25) is 0 Å². The molecule has 0 spiro atoms. The van der Waals surface area contributed by atoms with Crippen LogP contribution in [0.3, 0.4) is 0 Å². The van der Waals surface area contributed by atoms with Crippen molar-refractivity contribution in [3.8, 4) is 0 Å². The zero-order valence-corrected chi connectivity index (χ0v) is 12.4. The molecule has 1 heterocycles. The Hall–Kier alpha value is -0.600. The lowest BCUT2D eigenvalue weighted by molar-refractivity contribution is 0.384. The summed E-state index contributed by atoms with van der Waals surface area (Å²) in [5, 5.41) is 3.49. The van der Waals surface area contributed by atoms with E-state index in [2.05, 4.69) is 43.8 Å². The molecule has 104 valence electrons. The van der Waals surface area contributed by atoms with Crippen LogP contribution in [0.25, 0.3) is 0 Å². The van der Waals surface area contributed by atoms with E-state index in [1.54, 1.807) is 0 Å². The molecule has 2 heteroatoms. The van der Waals surface area contributed by atoms with Gasteiger partial charge in [0, 0.05) is 19.1 Å². The Morgan fingerprint density at radius 1 is 1.50 bits per heavy atom. The lowest BCUT2D eigenvalue weighted by atomic mass is 9.98. The molecule has 0 saturated carbocycles. The van der Waals surface area contributed by atoms with E-state index in [0.717, 1.165) is 12.5 Å². The molecule has 0 aromatic carbocycles. The number of rotatable bonds is 8. The predicted octanol–water partition coefficient (Wildman–Crippen LogP) is 3.22. The van der Waals surface area contributed by atoms with E-state index in [9.17, 15) is 0 Å². The topological polar surface area (TPSA) is 15.3 Å². The molecule has 0 amide bonds. The van der Waals surface area contributed by atoms with E-state index < -0.39 is 0 Å². The third-order valence-electron chi connectivity index (χ3n) is 3.69. The molecule has 1 saturated heterocycles. The van der Waals surface area contributed by atoms with Crippen LogP contribution in [0.15, 0.2) is 24.3 Å². The third kappa shape index (κ3) is 6.36. The van der Waals surface area contributed by atoms with Gasteiger partial charge < -0.3 is 10.2 Å². The summed E-state index contributed by atoms with van der Waals surface area (Å²) < 4.78 is 0. The number of nitrogens with one attached hydrogen (secondary N) is 1. The van der Waals surface area contributed by atoms with E-state index in [1.165, 1.54) is 44.3 Å². The van der Waals surface area contributed by atoms with E-state index in [4.69, 9.17) is 0 Å². The summed E-state index contributed by atoms with van der Waals surface area (Å²) >= 11 is 0. The molecule has 1 rings (SSSR count). The molecule has 1 atom stereocenters. The minimum atomic E-state index is 0.557. The molecular weight excluding hydrogens is 220 g/mol. The molecule has 1 N–H and O–H groups in total. The maximum atomic E-state index is 3.81. The van der Waals surface area contributed by atoms with Gasteiger partial charge in [-0.3, -0.25) is 0 Å². The summed E-state index contributed by atoms with van der Waals surface area (Å²) in [4.78, 5) is 2.45. The van der Waals surface area contributed by atoms with Crippen LogP contribution in [0.5, 0.6) is 0 Å². The van der Waals surface area contributed by atoms with Gasteiger partial charge in [-0.2, -0.15) is 0 Å². The molecule has 1 aliphatic rings. The lowest BCUT2D eigenvalue weighted by Gasteiger charge is -2.13. The van der Waals surface area contributed by atoms with E-state index >= 15 is 0 Å². The van der Waals surface area contributed by atoms with Gasteiger partial charge >= 0.3 is 0 Å². The number of nitrogens with zero attached hydrogens (tertiary/aromatic N) is 1. The minimum Gasteiger partial charge on any atom is -0.311 e. The molecule has 0 aliphatic carbocycles. The largest absolute Gasteiger partial charge is 0.311 e. The molecule has 1 unspecified atom stereocenters. The van der Waals surface area contributed by atoms with Crippen LogP contribution in [0.4, 0.5) is 0 Å². The summed E-state index contributed by atoms with van der Waals surface area (Å²) in [5.74, 6) is 0.929. The van der Waals surface area contributed by atoms with Gasteiger partial charge in [-0.1, -0.05) is 38.2 Å². The third-order valence-corrected chi connectivity index (χ3v) is 3.69. The molecule has 0 aromatic heterocycles. The van der Waals surface area contributed by atoms with Crippen molar-refractivity contribution in [3.63, 3.8) is 0 Å². The second-order valence-electron chi connectivity index (χ2n) is 5.91. The van der Waals surface area contributed by atoms with Gasteiger partial charge in [0.2, 0.25) is 0 Å². The Labute approximate surface area is 113 Å². The normalized spacial score (nSPS) is 21.8. The van der Waals surface area contributed by atoms with Crippen LogP contribution in [-0.2, 0) is 0 Å². The van der Waals surface area contributed by atoms with Crippen LogP contribution in [-0.4, -0.2) is 37.6 Å². The first kappa shape index (κ1) is 15.5. The average molecular weight is 250 g/mol. The number of hydrogen-bond donors (Lipinski definition) is 1. The summed E-state index contributed by atoms with van der Waals surface area (Å²) in [6, 6.07) is 0.557. The first-order chi connectivity index (χ1) is 8.61. The fourth-order valence-electron chi connectivity index (χ4n) is 2.61. The van der Waals surface area contributed by atoms with E-state index in [1.807, 2.05) is 6.08 Å². The Morgan fingerprint density at radius 2 is 2.28 bits per heavy atom. The van der Waals surface area contributed by atoms with Crippen molar-refractivity contribution >= 4 is 0 Å². The van der Waals surface area contributed by atoms with Crippen molar-refractivity contribution in [2.45, 2.75) is 45.6 Å². The number of hydrogen-bond acceptors (Lipinski definition) is 2. The van der Waals surface area contributed by atoms with Crippen molar-refractivity contribution < 1.29 is 0 Å². The highest BCUT2D eigenvalue weighted by Gasteiger charge is 2.18. The zero-order valence-electron chi connectivity index (χ0n) is 12.4. The molecule has 1 fully saturated rings. The zero-order chi connectivity index (χ0) is 13.4. The van der Waals surface area contributed by atoms with Gasteiger partial charge in [0.15, 0.2) is 0 Å². The maximum absolute atomic E-state index is 3.81. The Bertz CT molecular complexity index is 268. The van der Waals surface area contributed by atoms with Gasteiger partial charge in [0.25, 0.3) is 0 Å². The minimum absolute atomic E-state index is 0.557. The van der Waals surface area contributed by atoms with Gasteiger partial charge in [0.05, 0.1) is 0 Å². The smallest absolute Gasteiger partial charge is 0.0170 e. The highest BCUT2D eigenvalue weighted by Crippen LogP contribution is 2.21. The van der Waals surface area contributed by atoms with Gasteiger partial charge in [-0.25, -0.2) is 0 Å². The van der Waals surface area contributed by atoms with Crippen LogP contribution in [0.1, 0.15) is 39.5 Å². The van der Waals surface area contributed by atoms with Crippen molar-refractivity contribution in [1.82, 2.24) is 10.2 Å². The van der Waals surface area contributed by atoms with Crippen LogP contribution < -0.4 is 5.32 Å². The molecular formula is C16H30N2. The summed E-state index contributed by atoms with van der Waals surface area (Å²) in [6.07, 6.45) is 9.39. The molecule has 18 heavy (non-hydrogen) atoms. The molecule has 0 bridgehead atoms. The van der Waals surface area contributed by atoms with E-state index in [-0.39, 0.29) is 0 Å². The van der Waals surface area contributed by atoms with E-state index in [0.29, 0.717) is 6.04 Å². The van der Waals surface area contributed by atoms with Gasteiger partial charge in [-0.05, 0) is 45.2 Å². The van der Waals surface area contributed by atoms with Crippen molar-refractivity contribution in [3.05, 3.63) is 24.3 Å². The first-order valence-corrected chi connectivity index (χ1v) is 7.34.